The van der Waals surface area contributed by atoms with Gasteiger partial charge in [-0.3, -0.25) is 14.9 Å². The van der Waals surface area contributed by atoms with E-state index >= 15 is 0 Å². The number of anilines is 1. The van der Waals surface area contributed by atoms with Crippen LogP contribution in [0.4, 0.5) is 5.69 Å². The van der Waals surface area contributed by atoms with Crippen LogP contribution in [0.5, 0.6) is 0 Å². The summed E-state index contributed by atoms with van der Waals surface area (Å²) < 4.78 is 0.934. The number of carbonyl (C=O) groups is 2. The summed E-state index contributed by atoms with van der Waals surface area (Å²) in [4.78, 5) is 27.3. The van der Waals surface area contributed by atoms with Crippen LogP contribution >= 0.6 is 35.2 Å². The molecule has 0 saturated carbocycles. The Labute approximate surface area is 183 Å². The Morgan fingerprint density at radius 1 is 1.10 bits per heavy atom. The van der Waals surface area contributed by atoms with Gasteiger partial charge in [-0.05, 0) is 50.3 Å². The number of rotatable bonds is 5. The number of amides is 2. The number of benzene rings is 2. The van der Waals surface area contributed by atoms with Gasteiger partial charge in [0.05, 0.1) is 5.02 Å². The average Bonchev–Trinajstić information content (AvgIpc) is 3.06. The lowest BCUT2D eigenvalue weighted by Crippen LogP contribution is -2.34. The normalized spacial score (nSPS) is 10.6. The van der Waals surface area contributed by atoms with E-state index in [2.05, 4.69) is 10.6 Å². The fraction of sp³-hybridized carbons (Fsp3) is 0.190. The minimum atomic E-state index is -0.371. The summed E-state index contributed by atoms with van der Waals surface area (Å²) in [6, 6.07) is 14.6. The highest BCUT2D eigenvalue weighted by molar-refractivity contribution is 7.80. The molecule has 1 heterocycles. The van der Waals surface area contributed by atoms with Gasteiger partial charge in [-0.1, -0.05) is 35.9 Å². The highest BCUT2D eigenvalue weighted by Gasteiger charge is 2.18. The van der Waals surface area contributed by atoms with Crippen LogP contribution in [-0.4, -0.2) is 34.9 Å². The fourth-order valence-electron chi connectivity index (χ4n) is 2.91. The van der Waals surface area contributed by atoms with Gasteiger partial charge in [0.1, 0.15) is 4.88 Å². The van der Waals surface area contributed by atoms with Crippen LogP contribution < -0.4 is 10.6 Å². The minimum absolute atomic E-state index is 0.0503. The largest absolute Gasteiger partial charge is 0.339 e. The van der Waals surface area contributed by atoms with Crippen molar-refractivity contribution in [2.45, 2.75) is 13.8 Å². The Balaban J connectivity index is 1.70. The third kappa shape index (κ3) is 4.75. The number of fused-ring (bicyclic) bond motifs is 1. The molecule has 0 aliphatic rings. The quantitative estimate of drug-likeness (QED) is 0.532. The number of thiophene rings is 1. The van der Waals surface area contributed by atoms with Crippen molar-refractivity contribution in [2.24, 2.45) is 0 Å². The van der Waals surface area contributed by atoms with E-state index in [4.69, 9.17) is 23.8 Å². The Morgan fingerprint density at radius 2 is 1.83 bits per heavy atom. The molecule has 0 atom stereocenters. The molecule has 0 radical (unpaired) electrons. The lowest BCUT2D eigenvalue weighted by Gasteiger charge is -2.19. The van der Waals surface area contributed by atoms with E-state index in [0.717, 1.165) is 10.1 Å². The van der Waals surface area contributed by atoms with Gasteiger partial charge in [0.2, 0.25) is 0 Å². The minimum Gasteiger partial charge on any atom is -0.339 e. The molecule has 0 aliphatic heterocycles. The van der Waals surface area contributed by atoms with Crippen molar-refractivity contribution < 1.29 is 9.59 Å². The number of hydrogen-bond acceptors (Lipinski definition) is 4. The Morgan fingerprint density at radius 3 is 2.52 bits per heavy atom. The van der Waals surface area contributed by atoms with Crippen molar-refractivity contribution in [3.05, 3.63) is 64.0 Å². The van der Waals surface area contributed by atoms with Gasteiger partial charge >= 0.3 is 0 Å². The fourth-order valence-corrected chi connectivity index (χ4v) is 4.53. The maximum Gasteiger partial charge on any atom is 0.269 e. The summed E-state index contributed by atoms with van der Waals surface area (Å²) >= 11 is 12.9. The summed E-state index contributed by atoms with van der Waals surface area (Å²) in [6.45, 7) is 5.15. The Hall–Kier alpha value is -2.48. The van der Waals surface area contributed by atoms with E-state index < -0.39 is 0 Å². The molecule has 29 heavy (non-hydrogen) atoms. The van der Waals surface area contributed by atoms with Crippen molar-refractivity contribution >= 4 is 67.9 Å². The molecule has 1 aromatic heterocycles. The van der Waals surface area contributed by atoms with Gasteiger partial charge in [0.25, 0.3) is 11.8 Å². The number of nitrogens with one attached hydrogen (secondary N) is 2. The van der Waals surface area contributed by atoms with Crippen LogP contribution in [0.1, 0.15) is 33.9 Å². The van der Waals surface area contributed by atoms with Crippen molar-refractivity contribution in [2.75, 3.05) is 18.4 Å². The van der Waals surface area contributed by atoms with Gasteiger partial charge in [0, 0.05) is 34.4 Å². The van der Waals surface area contributed by atoms with Gasteiger partial charge in [-0.15, -0.1) is 11.3 Å². The van der Waals surface area contributed by atoms with Gasteiger partial charge < -0.3 is 10.2 Å². The first-order valence-electron chi connectivity index (χ1n) is 9.13. The van der Waals surface area contributed by atoms with E-state index in [1.54, 1.807) is 29.2 Å². The van der Waals surface area contributed by atoms with Crippen LogP contribution in [0.2, 0.25) is 5.02 Å². The summed E-state index contributed by atoms with van der Waals surface area (Å²) in [5, 5.41) is 7.00. The van der Waals surface area contributed by atoms with Crippen molar-refractivity contribution in [3.63, 3.8) is 0 Å². The molecule has 0 aliphatic carbocycles. The molecule has 3 rings (SSSR count). The smallest absolute Gasteiger partial charge is 0.269 e. The van der Waals surface area contributed by atoms with Crippen molar-refractivity contribution in [1.82, 2.24) is 10.2 Å². The maximum atomic E-state index is 12.6. The lowest BCUT2D eigenvalue weighted by molar-refractivity contribution is 0.0772. The first-order valence-corrected chi connectivity index (χ1v) is 10.7. The van der Waals surface area contributed by atoms with E-state index in [1.807, 2.05) is 38.1 Å². The van der Waals surface area contributed by atoms with Crippen LogP contribution in [0.15, 0.2) is 48.5 Å². The monoisotopic (exact) mass is 445 g/mol. The Bertz CT molecular complexity index is 1080. The van der Waals surface area contributed by atoms with Crippen LogP contribution in [0, 0.1) is 0 Å². The predicted octanol–water partition coefficient (Wildman–Crippen LogP) is 5.16. The standard InChI is InChI=1S/C21H20ClN3O2S2/c1-3-25(4-2)20(27)13-8-7-9-14(12-13)23-21(28)24-19(26)18-17(22)15-10-5-6-11-16(15)29-18/h5-12H,3-4H2,1-2H3,(H2,23,24,26,28). The molecule has 0 unspecified atom stereocenters. The van der Waals surface area contributed by atoms with Crippen molar-refractivity contribution in [1.29, 1.82) is 0 Å². The Kier molecular flexibility index (Phi) is 6.84. The second-order valence-corrected chi connectivity index (χ2v) is 8.05. The zero-order valence-corrected chi connectivity index (χ0v) is 18.4. The summed E-state index contributed by atoms with van der Waals surface area (Å²) in [6.07, 6.45) is 0. The second-order valence-electron chi connectivity index (χ2n) is 6.21. The second kappa shape index (κ2) is 9.35. The molecule has 150 valence electrons. The van der Waals surface area contributed by atoms with Gasteiger partial charge in [0.15, 0.2) is 5.11 Å². The summed E-state index contributed by atoms with van der Waals surface area (Å²) in [5.41, 5.74) is 1.18. The summed E-state index contributed by atoms with van der Waals surface area (Å²) in [7, 11) is 0. The molecule has 2 N–H and O–H groups in total. The number of thiocarbonyl (C=S) groups is 1. The zero-order chi connectivity index (χ0) is 21.0. The van der Waals surface area contributed by atoms with E-state index in [1.165, 1.54) is 11.3 Å². The molecule has 2 amide bonds. The van der Waals surface area contributed by atoms with Gasteiger partial charge in [-0.2, -0.15) is 0 Å². The molecule has 0 spiro atoms. The zero-order valence-electron chi connectivity index (χ0n) is 16.0. The third-order valence-corrected chi connectivity index (χ3v) is 6.26. The van der Waals surface area contributed by atoms with E-state index in [9.17, 15) is 9.59 Å². The molecular formula is C21H20ClN3O2S2. The van der Waals surface area contributed by atoms with Crippen LogP contribution in [0.3, 0.4) is 0 Å². The number of hydrogen-bond donors (Lipinski definition) is 2. The average molecular weight is 446 g/mol. The predicted molar refractivity (Wildman–Crippen MR) is 124 cm³/mol. The number of carbonyl (C=O) groups excluding carboxylic acids is 2. The molecule has 0 fully saturated rings. The first-order chi connectivity index (χ1) is 13.9. The molecule has 2 aromatic carbocycles. The number of halogens is 1. The topological polar surface area (TPSA) is 61.4 Å². The van der Waals surface area contributed by atoms with Gasteiger partial charge in [-0.25, -0.2) is 0 Å². The first kappa shape index (κ1) is 21.2. The molecular weight excluding hydrogens is 426 g/mol. The molecule has 0 saturated heterocycles. The van der Waals surface area contributed by atoms with E-state index in [0.29, 0.717) is 34.2 Å². The molecule has 3 aromatic rings. The van der Waals surface area contributed by atoms with Crippen LogP contribution in [0.25, 0.3) is 10.1 Å². The van der Waals surface area contributed by atoms with Crippen molar-refractivity contribution in [3.8, 4) is 0 Å². The van der Waals surface area contributed by atoms with E-state index in [-0.39, 0.29) is 16.9 Å². The maximum absolute atomic E-state index is 12.6. The highest BCUT2D eigenvalue weighted by Crippen LogP contribution is 2.34. The summed E-state index contributed by atoms with van der Waals surface area (Å²) in [5.74, 6) is -0.422. The SMILES string of the molecule is CCN(CC)C(=O)c1cccc(NC(=S)NC(=O)c2sc3ccccc3c2Cl)c1. The molecule has 0 bridgehead atoms. The molecule has 8 heteroatoms. The van der Waals surface area contributed by atoms with Crippen LogP contribution in [-0.2, 0) is 0 Å². The third-order valence-electron chi connectivity index (χ3n) is 4.39. The number of nitrogens with zero attached hydrogens (tertiary/aromatic N) is 1. The molecule has 5 nitrogen and oxygen atoms in total. The lowest BCUT2D eigenvalue weighted by atomic mass is 10.1. The highest BCUT2D eigenvalue weighted by atomic mass is 35.5.